The summed E-state index contributed by atoms with van der Waals surface area (Å²) in [6.07, 6.45) is 6.99. The van der Waals surface area contributed by atoms with Gasteiger partial charge in [0.25, 0.3) is 0 Å². The van der Waals surface area contributed by atoms with E-state index in [1.807, 2.05) is 19.1 Å². The van der Waals surface area contributed by atoms with Crippen LogP contribution in [0.15, 0.2) is 42.5 Å². The van der Waals surface area contributed by atoms with Gasteiger partial charge in [0.1, 0.15) is 5.82 Å². The molecule has 0 unspecified atom stereocenters. The van der Waals surface area contributed by atoms with E-state index in [0.717, 1.165) is 41.9 Å². The van der Waals surface area contributed by atoms with Crippen LogP contribution in [0.4, 0.5) is 5.82 Å². The molecule has 2 aromatic carbocycles. The molecule has 29 heavy (non-hydrogen) atoms. The van der Waals surface area contributed by atoms with Gasteiger partial charge in [-0.15, -0.1) is 0 Å². The maximum Gasteiger partial charge on any atom is 0.145 e. The Hall–Kier alpha value is -2.10. The van der Waals surface area contributed by atoms with Gasteiger partial charge in [0.2, 0.25) is 0 Å². The number of nitrogens with two attached hydrogens (primary N) is 1. The largest absolute Gasteiger partial charge is 0.382 e. The van der Waals surface area contributed by atoms with E-state index < -0.39 is 0 Å². The normalized spacial score (nSPS) is 14.9. The molecule has 1 aromatic heterocycles. The Morgan fingerprint density at radius 3 is 2.28 bits per heavy atom. The summed E-state index contributed by atoms with van der Waals surface area (Å²) in [5, 5.41) is 1.21. The molecule has 0 atom stereocenters. The smallest absolute Gasteiger partial charge is 0.145 e. The lowest BCUT2D eigenvalue weighted by Gasteiger charge is -2.12. The fraction of sp³-hybridized carbons (Fsp3) is 0.333. The molecule has 2 N–H and O–H groups in total. The molecule has 0 bridgehead atoms. The van der Waals surface area contributed by atoms with Crippen molar-refractivity contribution in [3.05, 3.63) is 75.0 Å². The Kier molecular flexibility index (Phi) is 6.07. The zero-order valence-electron chi connectivity index (χ0n) is 16.6. The van der Waals surface area contributed by atoms with E-state index in [4.69, 9.17) is 33.9 Å². The quantitative estimate of drug-likeness (QED) is 0.510. The van der Waals surface area contributed by atoms with Crippen molar-refractivity contribution in [2.24, 2.45) is 0 Å². The third kappa shape index (κ3) is 4.57. The number of hydrogen-bond acceptors (Lipinski definition) is 3. The van der Waals surface area contributed by atoms with Gasteiger partial charge in [-0.25, -0.2) is 9.97 Å². The summed E-state index contributed by atoms with van der Waals surface area (Å²) in [4.78, 5) is 9.27. The summed E-state index contributed by atoms with van der Waals surface area (Å²) in [5.74, 6) is 0.987. The van der Waals surface area contributed by atoms with Gasteiger partial charge in [-0.3, -0.25) is 0 Å². The van der Waals surface area contributed by atoms with Crippen LogP contribution in [0.25, 0.3) is 11.3 Å². The number of fused-ring (bicyclic) bond motifs is 1. The zero-order chi connectivity index (χ0) is 20.4. The Morgan fingerprint density at radius 1 is 1.00 bits per heavy atom. The van der Waals surface area contributed by atoms with Crippen molar-refractivity contribution in [1.82, 2.24) is 9.97 Å². The van der Waals surface area contributed by atoms with Gasteiger partial charge in [0.15, 0.2) is 0 Å². The van der Waals surface area contributed by atoms with Gasteiger partial charge in [-0.2, -0.15) is 0 Å². The first-order chi connectivity index (χ1) is 14.1. The summed E-state index contributed by atoms with van der Waals surface area (Å²) in [5.41, 5.74) is 12.6. The molecule has 1 fully saturated rings. The highest BCUT2D eigenvalue weighted by atomic mass is 35.5. The average Bonchev–Trinajstić information content (AvgIpc) is 3.45. The number of hydrogen-bond donors (Lipinski definition) is 1. The van der Waals surface area contributed by atoms with Crippen molar-refractivity contribution < 1.29 is 0 Å². The predicted octanol–water partition coefficient (Wildman–Crippen LogP) is 6.65. The summed E-state index contributed by atoms with van der Waals surface area (Å²) in [7, 11) is 0. The third-order valence-electron chi connectivity index (χ3n) is 5.52. The van der Waals surface area contributed by atoms with Crippen LogP contribution in [0, 0.1) is 0 Å². The maximum absolute atomic E-state index is 6.31. The number of aromatic nitrogens is 2. The number of anilines is 1. The fourth-order valence-electron chi connectivity index (χ4n) is 3.79. The molecule has 1 saturated carbocycles. The van der Waals surface area contributed by atoms with Crippen LogP contribution in [-0.2, 0) is 19.3 Å². The van der Waals surface area contributed by atoms with Crippen LogP contribution < -0.4 is 5.73 Å². The predicted molar refractivity (Wildman–Crippen MR) is 122 cm³/mol. The molecule has 0 saturated heterocycles. The lowest BCUT2D eigenvalue weighted by Crippen LogP contribution is -2.06. The van der Waals surface area contributed by atoms with E-state index in [1.165, 1.54) is 19.3 Å². The van der Waals surface area contributed by atoms with Crippen molar-refractivity contribution in [2.75, 3.05) is 5.73 Å². The molecular weight excluding hydrogens is 401 g/mol. The van der Waals surface area contributed by atoms with Gasteiger partial charge >= 0.3 is 0 Å². The van der Waals surface area contributed by atoms with Crippen molar-refractivity contribution >= 4 is 29.0 Å². The van der Waals surface area contributed by atoms with E-state index in [2.05, 4.69) is 29.2 Å². The Labute approximate surface area is 182 Å². The Balaban J connectivity index is 0.000000188. The summed E-state index contributed by atoms with van der Waals surface area (Å²) >= 11 is 12.3. The highest BCUT2D eigenvalue weighted by Gasteiger charge is 2.30. The second-order valence-electron chi connectivity index (χ2n) is 7.66. The van der Waals surface area contributed by atoms with Gasteiger partial charge in [0, 0.05) is 16.5 Å². The van der Waals surface area contributed by atoms with Crippen molar-refractivity contribution in [3.8, 4) is 11.3 Å². The molecule has 0 amide bonds. The van der Waals surface area contributed by atoms with Gasteiger partial charge in [0.05, 0.1) is 22.1 Å². The van der Waals surface area contributed by atoms with E-state index >= 15 is 0 Å². The monoisotopic (exact) mass is 425 g/mol. The molecule has 2 aliphatic carbocycles. The lowest BCUT2D eigenvalue weighted by atomic mass is 10.1. The number of nitrogen functional groups attached to an aromatic ring is 1. The minimum atomic E-state index is 0.456. The van der Waals surface area contributed by atoms with E-state index in [1.54, 1.807) is 17.2 Å². The first kappa shape index (κ1) is 20.2. The second-order valence-corrected chi connectivity index (χ2v) is 8.51. The standard InChI is InChI=1S/C15H15Cl2N3.C9H10/c1-2-12-15(18)20-13(8-3-4-8)14(19-12)10-6-5-9(16)7-11(10)17;1-2-5-9-7-3-6-8(9)4-1/h5-8H,2-4H2,1H3,(H2,18,20);1-2,4-5H,3,6-7H2. The molecule has 2 aliphatic rings. The molecule has 0 aliphatic heterocycles. The van der Waals surface area contributed by atoms with Crippen LogP contribution in [0.5, 0.6) is 0 Å². The lowest BCUT2D eigenvalue weighted by molar-refractivity contribution is 0.912. The minimum absolute atomic E-state index is 0.456. The number of benzene rings is 2. The molecule has 3 aromatic rings. The van der Waals surface area contributed by atoms with Gasteiger partial charge < -0.3 is 5.73 Å². The molecule has 3 nitrogen and oxygen atoms in total. The molecule has 5 heteroatoms. The maximum atomic E-state index is 6.31. The summed E-state index contributed by atoms with van der Waals surface area (Å²) in [6.45, 7) is 2.02. The molecular formula is C24H25Cl2N3. The average molecular weight is 426 g/mol. The number of rotatable bonds is 3. The highest BCUT2D eigenvalue weighted by molar-refractivity contribution is 6.36. The highest BCUT2D eigenvalue weighted by Crippen LogP contribution is 2.44. The Morgan fingerprint density at radius 2 is 1.69 bits per heavy atom. The van der Waals surface area contributed by atoms with E-state index in [0.29, 0.717) is 21.8 Å². The van der Waals surface area contributed by atoms with Crippen molar-refractivity contribution in [2.45, 2.75) is 51.4 Å². The SMILES string of the molecule is CCc1nc(-c2ccc(Cl)cc2Cl)c(C2CC2)nc1N.c1ccc2c(c1)CCC2. The Bertz CT molecular complexity index is 1010. The fourth-order valence-corrected chi connectivity index (χ4v) is 4.29. The minimum Gasteiger partial charge on any atom is -0.382 e. The molecule has 0 spiro atoms. The number of nitrogens with zero attached hydrogens (tertiary/aromatic N) is 2. The molecule has 150 valence electrons. The van der Waals surface area contributed by atoms with Gasteiger partial charge in [-0.05, 0) is 67.9 Å². The van der Waals surface area contributed by atoms with Crippen molar-refractivity contribution in [1.29, 1.82) is 0 Å². The third-order valence-corrected chi connectivity index (χ3v) is 6.07. The number of aryl methyl sites for hydroxylation is 3. The molecule has 5 rings (SSSR count). The van der Waals surface area contributed by atoms with Crippen LogP contribution in [-0.4, -0.2) is 9.97 Å². The van der Waals surface area contributed by atoms with Crippen LogP contribution in [0.2, 0.25) is 10.0 Å². The first-order valence-corrected chi connectivity index (χ1v) is 11.0. The van der Waals surface area contributed by atoms with E-state index in [9.17, 15) is 0 Å². The van der Waals surface area contributed by atoms with Crippen LogP contribution >= 0.6 is 23.2 Å². The van der Waals surface area contributed by atoms with E-state index in [-0.39, 0.29) is 0 Å². The summed E-state index contributed by atoms with van der Waals surface area (Å²) < 4.78 is 0. The van der Waals surface area contributed by atoms with Crippen molar-refractivity contribution in [3.63, 3.8) is 0 Å². The molecule has 1 heterocycles. The topological polar surface area (TPSA) is 51.8 Å². The van der Waals surface area contributed by atoms with Gasteiger partial charge in [-0.1, -0.05) is 54.4 Å². The first-order valence-electron chi connectivity index (χ1n) is 10.2. The second kappa shape index (κ2) is 8.73. The summed E-state index contributed by atoms with van der Waals surface area (Å²) in [6, 6.07) is 14.2. The van der Waals surface area contributed by atoms with Crippen LogP contribution in [0.1, 0.15) is 54.6 Å². The van der Waals surface area contributed by atoms with Crippen LogP contribution in [0.3, 0.4) is 0 Å². The molecule has 0 radical (unpaired) electrons. The number of halogens is 2. The zero-order valence-corrected chi connectivity index (χ0v) is 18.1.